The minimum absolute atomic E-state index is 0.0139. The molecule has 0 radical (unpaired) electrons. The maximum absolute atomic E-state index is 14.6. The number of hydrogen-bond acceptors (Lipinski definition) is 24. The third-order valence-electron chi connectivity index (χ3n) is 15.9. The molecule has 3 heterocycles. The van der Waals surface area contributed by atoms with Gasteiger partial charge in [0.15, 0.2) is 24.3 Å². The second-order valence-corrected chi connectivity index (χ2v) is 25.7. The first kappa shape index (κ1) is 87.8. The van der Waals surface area contributed by atoms with E-state index >= 15 is 0 Å². The average molecular weight is 1570 g/mol. The standard InChI is InChI=1S/C60H101IN24O18/c1-28(63)49(93)80-34(15-11-23-73-59(67)68)52(96)81-33(14-7-10-21-71-40(89)25-37(58(101)102)78-39(88)17-5-4-9-22-72-56(100)45-43(90)44(91)57(103-45)85-26-31(61)41-46(65)75-27-76-48(41)85)51(95)82-35(16-12-24-74-60(69)70)53(97)83-36(18-19-38(64)87)54(98)84-42(30(3)86)55(99)77-29(2)50(94)79-32(47(66)92)13-6-8-20-62/h26-30,32-37,42-45,57,86,90-91H,4-25,62-63H2,1-3H3,(H2,64,87)(H2,66,92)(H,71,89)(H,72,100)(H,77,99)(H,78,88)(H,79,94)(H,80,93)(H,81,96)(H,82,95)(H,83,97)(H,84,98)(H,101,102)(H2,65,75,76)(H4,67,68,73)(H4,69,70,74)/t28-,29-,30?,32+,33-,34-,35-,36-,37+,42-,43-,44+,45-,57+/m0/s1. The lowest BCUT2D eigenvalue weighted by molar-refractivity contribution is -0.143. The highest BCUT2D eigenvalue weighted by molar-refractivity contribution is 14.1. The van der Waals surface area contributed by atoms with E-state index in [1.165, 1.54) is 24.7 Å². The van der Waals surface area contributed by atoms with E-state index in [0.717, 1.165) is 6.92 Å². The number of aliphatic hydroxyl groups excluding tert-OH is 3. The van der Waals surface area contributed by atoms with E-state index in [-0.39, 0.29) is 108 Å². The molecule has 1 unspecified atom stereocenters. The summed E-state index contributed by atoms with van der Waals surface area (Å²) in [5.41, 5.74) is 50.5. The fraction of sp³-hybridized carbons (Fsp3) is 0.650. The lowest BCUT2D eigenvalue weighted by Crippen LogP contribution is -2.61. The topological polar surface area (TPSA) is 722 Å². The molecule has 1 aliphatic rings. The van der Waals surface area contributed by atoms with Crippen molar-refractivity contribution in [1.29, 1.82) is 0 Å². The van der Waals surface area contributed by atoms with Crippen molar-refractivity contribution in [3.05, 3.63) is 16.1 Å². The number of nitrogen functional groups attached to an aromatic ring is 1. The first-order valence-electron chi connectivity index (χ1n) is 33.4. The van der Waals surface area contributed by atoms with Crippen LogP contribution in [0, 0.1) is 3.57 Å². The van der Waals surface area contributed by atoms with Gasteiger partial charge in [-0.1, -0.05) is 6.42 Å². The van der Waals surface area contributed by atoms with E-state index in [1.54, 1.807) is 6.20 Å². The van der Waals surface area contributed by atoms with Gasteiger partial charge in [-0.15, -0.1) is 0 Å². The zero-order valence-electron chi connectivity index (χ0n) is 57.6. The lowest BCUT2D eigenvalue weighted by Gasteiger charge is -2.28. The van der Waals surface area contributed by atoms with Gasteiger partial charge in [-0.05, 0) is 133 Å². The normalized spacial score (nSPS) is 17.6. The van der Waals surface area contributed by atoms with Gasteiger partial charge in [0.25, 0.3) is 5.91 Å². The minimum Gasteiger partial charge on any atom is -0.480 e. The van der Waals surface area contributed by atoms with E-state index in [0.29, 0.717) is 46.8 Å². The average Bonchev–Trinajstić information content (AvgIpc) is 1.61. The molecule has 1 aliphatic heterocycles. The highest BCUT2D eigenvalue weighted by Gasteiger charge is 2.48. The van der Waals surface area contributed by atoms with E-state index in [9.17, 15) is 82.8 Å². The van der Waals surface area contributed by atoms with Crippen molar-refractivity contribution >= 4 is 128 Å². The fourth-order valence-electron chi connectivity index (χ4n) is 10.3. The summed E-state index contributed by atoms with van der Waals surface area (Å²) in [5.74, 6) is -12.8. The number of hydrogen-bond donors (Lipinski definition) is 23. The van der Waals surface area contributed by atoms with Crippen molar-refractivity contribution in [3.8, 4) is 0 Å². The molecule has 43 heteroatoms. The van der Waals surface area contributed by atoms with E-state index in [1.807, 2.05) is 22.6 Å². The van der Waals surface area contributed by atoms with Gasteiger partial charge in [0.1, 0.15) is 78.3 Å². The number of carbonyl (C=O) groups excluding carboxylic acids is 12. The summed E-state index contributed by atoms with van der Waals surface area (Å²) in [6.07, 6.45) is -4.87. The fourth-order valence-corrected chi connectivity index (χ4v) is 11.1. The number of nitrogens with zero attached hydrogens (tertiary/aromatic N) is 5. The Hall–Kier alpha value is -9.44. The summed E-state index contributed by atoms with van der Waals surface area (Å²) in [6, 6.07) is -13.3. The number of aliphatic imine (C=N–C) groups is 2. The quantitative estimate of drug-likeness (QED) is 0.0127. The number of carboxylic acids is 1. The number of guanidine groups is 2. The molecule has 0 saturated carbocycles. The number of halogens is 1. The number of carboxylic acid groups (broad SMARTS) is 1. The van der Waals surface area contributed by atoms with E-state index < -0.39 is 181 Å². The molecule has 32 N–H and O–H groups in total. The van der Waals surface area contributed by atoms with Crippen LogP contribution in [0.25, 0.3) is 11.0 Å². The number of primary amides is 2. The number of nitrogens with two attached hydrogens (primary N) is 9. The van der Waals surface area contributed by atoms with Crippen LogP contribution in [0.15, 0.2) is 22.5 Å². The highest BCUT2D eigenvalue weighted by atomic mass is 127. The van der Waals surface area contributed by atoms with Crippen molar-refractivity contribution in [2.24, 2.45) is 55.9 Å². The van der Waals surface area contributed by atoms with Gasteiger partial charge in [0.05, 0.1) is 24.0 Å². The third-order valence-corrected chi connectivity index (χ3v) is 16.8. The summed E-state index contributed by atoms with van der Waals surface area (Å²) in [7, 11) is 0. The molecule has 576 valence electrons. The van der Waals surface area contributed by atoms with Crippen LogP contribution in [0.3, 0.4) is 0 Å². The molecule has 1 fully saturated rings. The maximum Gasteiger partial charge on any atom is 0.326 e. The summed E-state index contributed by atoms with van der Waals surface area (Å²) in [6.45, 7) is 3.90. The number of fused-ring (bicyclic) bond motifs is 1. The summed E-state index contributed by atoms with van der Waals surface area (Å²) in [4.78, 5) is 188. The first-order valence-corrected chi connectivity index (χ1v) is 34.5. The Bertz CT molecular complexity index is 3300. The van der Waals surface area contributed by atoms with Gasteiger partial charge in [-0.3, -0.25) is 67.5 Å². The molecule has 0 spiro atoms. The van der Waals surface area contributed by atoms with Gasteiger partial charge < -0.3 is 135 Å². The second kappa shape index (κ2) is 44.8. The summed E-state index contributed by atoms with van der Waals surface area (Å²) >= 11 is 2.01. The Morgan fingerprint density at radius 3 is 1.63 bits per heavy atom. The van der Waals surface area contributed by atoms with Gasteiger partial charge in [-0.25, -0.2) is 14.8 Å². The second-order valence-electron chi connectivity index (χ2n) is 24.5. The predicted molar refractivity (Wildman–Crippen MR) is 378 cm³/mol. The molecule has 2 aromatic heterocycles. The summed E-state index contributed by atoms with van der Waals surface area (Å²) < 4.78 is 7.89. The van der Waals surface area contributed by atoms with Crippen LogP contribution in [0.1, 0.15) is 136 Å². The molecular weight excluding hydrogens is 1470 g/mol. The Kier molecular flexibility index (Phi) is 38.2. The molecule has 0 aliphatic carbocycles. The molecule has 2 aromatic rings. The zero-order chi connectivity index (χ0) is 77.2. The maximum atomic E-state index is 14.6. The molecule has 14 atom stereocenters. The highest BCUT2D eigenvalue weighted by Crippen LogP contribution is 2.35. The lowest BCUT2D eigenvalue weighted by atomic mass is 10.0. The van der Waals surface area contributed by atoms with Crippen LogP contribution in [-0.4, -0.2) is 235 Å². The van der Waals surface area contributed by atoms with Gasteiger partial charge in [-0.2, -0.15) is 0 Å². The van der Waals surface area contributed by atoms with Crippen LogP contribution < -0.4 is 105 Å². The Labute approximate surface area is 606 Å². The third kappa shape index (κ3) is 30.6. The van der Waals surface area contributed by atoms with Gasteiger partial charge in [0, 0.05) is 48.8 Å². The van der Waals surface area contributed by atoms with Crippen molar-refractivity contribution in [2.75, 3.05) is 38.5 Å². The van der Waals surface area contributed by atoms with Crippen LogP contribution in [0.4, 0.5) is 5.82 Å². The molecule has 103 heavy (non-hydrogen) atoms. The Morgan fingerprint density at radius 2 is 1.10 bits per heavy atom. The Morgan fingerprint density at radius 1 is 0.583 bits per heavy atom. The van der Waals surface area contributed by atoms with Gasteiger partial charge >= 0.3 is 5.97 Å². The molecule has 0 aromatic carbocycles. The number of aliphatic hydroxyl groups is 3. The molecule has 0 bridgehead atoms. The molecule has 42 nitrogen and oxygen atoms in total. The van der Waals surface area contributed by atoms with Crippen LogP contribution in [-0.2, 0) is 67.1 Å². The smallest absolute Gasteiger partial charge is 0.326 e. The number of aliphatic carboxylic acids is 1. The van der Waals surface area contributed by atoms with Crippen molar-refractivity contribution in [3.63, 3.8) is 0 Å². The number of ether oxygens (including phenoxy) is 1. The molecule has 3 rings (SSSR count). The number of amides is 12. The van der Waals surface area contributed by atoms with E-state index in [4.69, 9.17) is 56.3 Å². The SMILES string of the molecule is CC(O)[C@H](NC(=O)[C@H](CCC(N)=O)NC(=O)[C@H](CCCN=C(N)N)NC(=O)[C@H](CCCCNC(=O)C[C@@H](NC(=O)CCCCCNC(=O)[C@H]1O[C@@H](n2cc(I)c3c(N)ncnc32)[C@H](O)[C@@H]1O)C(=O)O)NC(=O)[C@H](CCCN=C(N)N)NC(=O)[C@H](C)N)C(=O)N[C@@H](C)C(=O)N[C@H](CCCCN)C(N)=O. The Balaban J connectivity index is 1.74. The largest absolute Gasteiger partial charge is 0.480 e. The molecular formula is C60H101IN24O18. The molecule has 12 amide bonds. The van der Waals surface area contributed by atoms with Crippen LogP contribution in [0.2, 0.25) is 0 Å². The van der Waals surface area contributed by atoms with Crippen molar-refractivity contribution in [2.45, 2.75) is 215 Å². The van der Waals surface area contributed by atoms with E-state index in [2.05, 4.69) is 73.1 Å². The van der Waals surface area contributed by atoms with Crippen molar-refractivity contribution < 1.29 is 87.5 Å². The number of nitrogens with one attached hydrogen (secondary N) is 10. The van der Waals surface area contributed by atoms with Crippen LogP contribution >= 0.6 is 22.6 Å². The van der Waals surface area contributed by atoms with Crippen molar-refractivity contribution in [1.82, 2.24) is 67.7 Å². The number of anilines is 1. The number of unbranched alkanes of at least 4 members (excludes halogenated alkanes) is 4. The number of aromatic nitrogens is 3. The number of carbonyl (C=O) groups is 13. The van der Waals surface area contributed by atoms with Gasteiger partial charge in [0.2, 0.25) is 65.0 Å². The minimum atomic E-state index is -1.82. The first-order chi connectivity index (χ1) is 48.6. The monoisotopic (exact) mass is 1570 g/mol. The zero-order valence-corrected chi connectivity index (χ0v) is 59.8. The predicted octanol–water partition coefficient (Wildman–Crippen LogP) is -8.71. The van der Waals surface area contributed by atoms with Crippen LogP contribution in [0.5, 0.6) is 0 Å². The summed E-state index contributed by atoms with van der Waals surface area (Å²) in [5, 5.41) is 67.4. The number of rotatable bonds is 48. The molecule has 1 saturated heterocycles.